The van der Waals surface area contributed by atoms with E-state index in [4.69, 9.17) is 5.73 Å². The Balaban J connectivity index is 3.00. The van der Waals surface area contributed by atoms with E-state index >= 15 is 0 Å². The van der Waals surface area contributed by atoms with Gasteiger partial charge < -0.3 is 16.4 Å². The van der Waals surface area contributed by atoms with Gasteiger partial charge in [-0.05, 0) is 13.8 Å². The fourth-order valence-corrected chi connectivity index (χ4v) is 1.40. The first-order chi connectivity index (χ1) is 8.08. The van der Waals surface area contributed by atoms with Crippen LogP contribution in [0.25, 0.3) is 0 Å². The van der Waals surface area contributed by atoms with Crippen molar-refractivity contribution in [1.82, 2.24) is 9.97 Å². The zero-order valence-corrected chi connectivity index (χ0v) is 10.5. The highest BCUT2D eigenvalue weighted by atomic mass is 16.1. The van der Waals surface area contributed by atoms with Gasteiger partial charge in [-0.1, -0.05) is 6.92 Å². The molecule has 94 valence electrons. The highest BCUT2D eigenvalue weighted by Gasteiger charge is 2.09. The van der Waals surface area contributed by atoms with Gasteiger partial charge in [0, 0.05) is 18.5 Å². The Morgan fingerprint density at radius 1 is 1.24 bits per heavy atom. The zero-order valence-electron chi connectivity index (χ0n) is 10.5. The van der Waals surface area contributed by atoms with E-state index in [-0.39, 0.29) is 6.54 Å². The molecule has 4 N–H and O–H groups in total. The molecule has 0 aliphatic carbocycles. The second-order valence-electron chi connectivity index (χ2n) is 3.67. The molecule has 0 aliphatic rings. The Kier molecular flexibility index (Phi) is 4.68. The number of nitrogens with one attached hydrogen (secondary N) is 2. The molecule has 0 bridgehead atoms. The summed E-state index contributed by atoms with van der Waals surface area (Å²) in [5.41, 5.74) is 5.99. The Morgan fingerprint density at radius 3 is 2.29 bits per heavy atom. The monoisotopic (exact) mass is 237 g/mol. The fraction of sp³-hybridized carbons (Fsp3) is 0.545. The Bertz CT molecular complexity index is 405. The summed E-state index contributed by atoms with van der Waals surface area (Å²) in [6.45, 7) is 6.76. The number of hydrogen-bond donors (Lipinski definition) is 3. The van der Waals surface area contributed by atoms with Crippen molar-refractivity contribution in [2.24, 2.45) is 5.73 Å². The number of carbonyl (C=O) groups excluding carboxylic acids is 1. The number of rotatable bonds is 6. The van der Waals surface area contributed by atoms with Crippen molar-refractivity contribution in [3.05, 3.63) is 11.4 Å². The molecule has 0 atom stereocenters. The molecule has 0 saturated carbocycles. The maximum atomic E-state index is 10.7. The zero-order chi connectivity index (χ0) is 12.8. The number of carbonyl (C=O) groups is 1. The normalized spacial score (nSPS) is 10.1. The molecular formula is C11H19N5O. The van der Waals surface area contributed by atoms with Gasteiger partial charge >= 0.3 is 0 Å². The number of nitrogens with zero attached hydrogens (tertiary/aromatic N) is 2. The Hall–Kier alpha value is -1.85. The first-order valence-corrected chi connectivity index (χ1v) is 5.72. The summed E-state index contributed by atoms with van der Waals surface area (Å²) >= 11 is 0. The highest BCUT2D eigenvalue weighted by Crippen LogP contribution is 2.19. The third-order valence-electron chi connectivity index (χ3n) is 2.28. The Morgan fingerprint density at radius 2 is 1.82 bits per heavy atom. The first kappa shape index (κ1) is 13.2. The lowest BCUT2D eigenvalue weighted by Gasteiger charge is -2.13. The van der Waals surface area contributed by atoms with Crippen molar-refractivity contribution in [1.29, 1.82) is 0 Å². The smallest absolute Gasteiger partial charge is 0.236 e. The number of aromatic nitrogens is 2. The van der Waals surface area contributed by atoms with Crippen molar-refractivity contribution in [2.45, 2.75) is 27.2 Å². The van der Waals surface area contributed by atoms with Crippen LogP contribution in [0.15, 0.2) is 0 Å². The molecule has 0 aliphatic heterocycles. The summed E-state index contributed by atoms with van der Waals surface area (Å²) in [5.74, 6) is 1.78. The number of nitrogens with two attached hydrogens (primary N) is 1. The Labute approximate surface area is 101 Å². The van der Waals surface area contributed by atoms with Crippen molar-refractivity contribution in [2.75, 3.05) is 23.7 Å². The quantitative estimate of drug-likeness (QED) is 0.676. The number of primary amides is 1. The van der Waals surface area contributed by atoms with Crippen LogP contribution in [0.1, 0.15) is 25.2 Å². The van der Waals surface area contributed by atoms with Gasteiger partial charge in [-0.15, -0.1) is 0 Å². The highest BCUT2D eigenvalue weighted by molar-refractivity contribution is 5.79. The predicted octanol–water partition coefficient (Wildman–Crippen LogP) is 0.676. The van der Waals surface area contributed by atoms with Crippen molar-refractivity contribution >= 4 is 17.5 Å². The lowest BCUT2D eigenvalue weighted by molar-refractivity contribution is -0.116. The number of hydrogen-bond acceptors (Lipinski definition) is 5. The molecule has 0 aromatic carbocycles. The van der Waals surface area contributed by atoms with Crippen LogP contribution in [0.5, 0.6) is 0 Å². The summed E-state index contributed by atoms with van der Waals surface area (Å²) in [6, 6.07) is 0. The van der Waals surface area contributed by atoms with Gasteiger partial charge in [0.05, 0.1) is 6.54 Å². The second-order valence-corrected chi connectivity index (χ2v) is 3.67. The molecule has 1 amide bonds. The van der Waals surface area contributed by atoms with Crippen molar-refractivity contribution in [3.63, 3.8) is 0 Å². The fourth-order valence-electron chi connectivity index (χ4n) is 1.40. The third kappa shape index (κ3) is 3.58. The SMILES string of the molecule is CCNc1nc(CC)nc(NCC(N)=O)c1C. The average Bonchev–Trinajstić information content (AvgIpc) is 2.30. The van der Waals surface area contributed by atoms with E-state index in [1.54, 1.807) is 0 Å². The number of anilines is 2. The molecular weight excluding hydrogens is 218 g/mol. The number of aryl methyl sites for hydroxylation is 1. The number of amides is 1. The van der Waals surface area contributed by atoms with Crippen LogP contribution in [-0.2, 0) is 11.2 Å². The first-order valence-electron chi connectivity index (χ1n) is 5.72. The molecule has 0 radical (unpaired) electrons. The minimum absolute atomic E-state index is 0.0760. The molecule has 0 saturated heterocycles. The second kappa shape index (κ2) is 6.03. The predicted molar refractivity (Wildman–Crippen MR) is 68.0 cm³/mol. The summed E-state index contributed by atoms with van der Waals surface area (Å²) in [5, 5.41) is 6.09. The molecule has 0 spiro atoms. The summed E-state index contributed by atoms with van der Waals surface area (Å²) in [7, 11) is 0. The molecule has 1 heterocycles. The van der Waals surface area contributed by atoms with Gasteiger partial charge in [-0.25, -0.2) is 9.97 Å². The van der Waals surface area contributed by atoms with Gasteiger partial charge in [0.25, 0.3) is 0 Å². The van der Waals surface area contributed by atoms with E-state index in [0.29, 0.717) is 5.82 Å². The minimum Gasteiger partial charge on any atom is -0.370 e. The molecule has 0 fully saturated rings. The average molecular weight is 237 g/mol. The van der Waals surface area contributed by atoms with Crippen molar-refractivity contribution < 1.29 is 4.79 Å². The van der Waals surface area contributed by atoms with Crippen LogP contribution in [0.3, 0.4) is 0 Å². The summed E-state index contributed by atoms with van der Waals surface area (Å²) < 4.78 is 0. The van der Waals surface area contributed by atoms with Crippen molar-refractivity contribution in [3.8, 4) is 0 Å². The van der Waals surface area contributed by atoms with E-state index < -0.39 is 5.91 Å². The molecule has 17 heavy (non-hydrogen) atoms. The molecule has 0 unspecified atom stereocenters. The van der Waals surface area contributed by atoms with Crippen LogP contribution >= 0.6 is 0 Å². The van der Waals surface area contributed by atoms with Gasteiger partial charge in [-0.2, -0.15) is 0 Å². The molecule has 6 nitrogen and oxygen atoms in total. The van der Waals surface area contributed by atoms with Crippen LogP contribution in [0.4, 0.5) is 11.6 Å². The molecule has 6 heteroatoms. The van der Waals surface area contributed by atoms with E-state index in [0.717, 1.165) is 30.2 Å². The van der Waals surface area contributed by atoms with E-state index in [9.17, 15) is 4.79 Å². The standard InChI is InChI=1S/C11H19N5O/c1-4-9-15-10(13-5-2)7(3)11(16-9)14-6-8(12)17/h4-6H2,1-3H3,(H2,12,17)(H2,13,14,15,16). The van der Waals surface area contributed by atoms with Crippen LogP contribution in [0.2, 0.25) is 0 Å². The molecule has 1 aromatic heterocycles. The molecule has 1 aromatic rings. The third-order valence-corrected chi connectivity index (χ3v) is 2.28. The minimum atomic E-state index is -0.411. The summed E-state index contributed by atoms with van der Waals surface area (Å²) in [4.78, 5) is 19.5. The lowest BCUT2D eigenvalue weighted by Crippen LogP contribution is -2.23. The maximum absolute atomic E-state index is 10.7. The lowest BCUT2D eigenvalue weighted by atomic mass is 10.3. The van der Waals surface area contributed by atoms with E-state index in [1.807, 2.05) is 20.8 Å². The van der Waals surface area contributed by atoms with Crippen LogP contribution < -0.4 is 16.4 Å². The van der Waals surface area contributed by atoms with E-state index in [2.05, 4.69) is 20.6 Å². The van der Waals surface area contributed by atoms with E-state index in [1.165, 1.54) is 0 Å². The summed E-state index contributed by atoms with van der Waals surface area (Å²) in [6.07, 6.45) is 0.740. The van der Waals surface area contributed by atoms with Gasteiger partial charge in [0.2, 0.25) is 5.91 Å². The maximum Gasteiger partial charge on any atom is 0.236 e. The van der Waals surface area contributed by atoms with Crippen LogP contribution in [-0.4, -0.2) is 29.0 Å². The largest absolute Gasteiger partial charge is 0.370 e. The van der Waals surface area contributed by atoms with Gasteiger partial charge in [0.15, 0.2) is 0 Å². The van der Waals surface area contributed by atoms with Crippen LogP contribution in [0, 0.1) is 6.92 Å². The van der Waals surface area contributed by atoms with Gasteiger partial charge in [-0.3, -0.25) is 4.79 Å². The van der Waals surface area contributed by atoms with Gasteiger partial charge in [0.1, 0.15) is 17.5 Å². The topological polar surface area (TPSA) is 92.9 Å². The molecule has 1 rings (SSSR count).